The average molecular weight is 242 g/mol. The summed E-state index contributed by atoms with van der Waals surface area (Å²) in [6, 6.07) is 6.54. The van der Waals surface area contributed by atoms with E-state index >= 15 is 0 Å². The molecule has 0 N–H and O–H groups in total. The number of benzene rings is 1. The van der Waals surface area contributed by atoms with Crippen molar-refractivity contribution in [3.8, 4) is 6.07 Å². The van der Waals surface area contributed by atoms with Crippen LogP contribution in [0, 0.1) is 16.7 Å². The van der Waals surface area contributed by atoms with Crippen LogP contribution < -0.4 is 0 Å². The Kier molecular flexibility index (Phi) is 3.38. The van der Waals surface area contributed by atoms with Gasteiger partial charge < -0.3 is 0 Å². The molecule has 1 aromatic carbocycles. The van der Waals surface area contributed by atoms with Crippen molar-refractivity contribution in [2.24, 2.45) is 5.41 Å². The van der Waals surface area contributed by atoms with Gasteiger partial charge in [-0.15, -0.1) is 0 Å². The summed E-state index contributed by atoms with van der Waals surface area (Å²) < 4.78 is 0. The molecular weight excluding hydrogens is 233 g/mol. The number of carbonyl (C=O) groups excluding carboxylic acids is 1. The number of nitrogens with zero attached hydrogens (tertiary/aromatic N) is 1. The summed E-state index contributed by atoms with van der Waals surface area (Å²) in [6.45, 7) is 3.11. The molecule has 0 spiro atoms. The first-order chi connectivity index (χ1) is 6.88. The molecule has 1 rings (SSSR count). The third-order valence-electron chi connectivity index (χ3n) is 2.02. The number of ketones is 1. The SMILES string of the molecule is CC(C)(C#N)C(=O)c1ccc(Cl)cc1Cl. The van der Waals surface area contributed by atoms with Crippen molar-refractivity contribution in [3.63, 3.8) is 0 Å². The van der Waals surface area contributed by atoms with Gasteiger partial charge in [-0.2, -0.15) is 5.26 Å². The molecule has 0 fully saturated rings. The molecule has 0 saturated carbocycles. The maximum Gasteiger partial charge on any atom is 0.183 e. The van der Waals surface area contributed by atoms with E-state index in [2.05, 4.69) is 0 Å². The van der Waals surface area contributed by atoms with Crippen molar-refractivity contribution in [1.82, 2.24) is 0 Å². The first-order valence-corrected chi connectivity index (χ1v) is 5.05. The molecule has 0 radical (unpaired) electrons. The molecular formula is C11H9Cl2NO. The lowest BCUT2D eigenvalue weighted by Crippen LogP contribution is -2.22. The monoisotopic (exact) mass is 241 g/mol. The molecule has 0 aromatic heterocycles. The number of hydrogen-bond acceptors (Lipinski definition) is 2. The lowest BCUT2D eigenvalue weighted by Gasteiger charge is -2.14. The van der Waals surface area contributed by atoms with E-state index in [1.807, 2.05) is 6.07 Å². The molecule has 0 heterocycles. The van der Waals surface area contributed by atoms with Crippen molar-refractivity contribution >= 4 is 29.0 Å². The second kappa shape index (κ2) is 4.22. The zero-order valence-electron chi connectivity index (χ0n) is 8.34. The third-order valence-corrected chi connectivity index (χ3v) is 2.57. The lowest BCUT2D eigenvalue weighted by atomic mass is 9.86. The van der Waals surface area contributed by atoms with Gasteiger partial charge in [0.1, 0.15) is 5.41 Å². The van der Waals surface area contributed by atoms with E-state index in [0.717, 1.165) is 0 Å². The number of carbonyl (C=O) groups is 1. The largest absolute Gasteiger partial charge is 0.292 e. The maximum absolute atomic E-state index is 11.9. The molecule has 15 heavy (non-hydrogen) atoms. The summed E-state index contributed by atoms with van der Waals surface area (Å²) in [6.07, 6.45) is 0. The number of hydrogen-bond donors (Lipinski definition) is 0. The van der Waals surface area contributed by atoms with Gasteiger partial charge in [0.15, 0.2) is 5.78 Å². The molecule has 0 atom stereocenters. The Labute approximate surface area is 98.4 Å². The highest BCUT2D eigenvalue weighted by Crippen LogP contribution is 2.27. The van der Waals surface area contributed by atoms with Crippen molar-refractivity contribution in [3.05, 3.63) is 33.8 Å². The quantitative estimate of drug-likeness (QED) is 0.741. The fraction of sp³-hybridized carbons (Fsp3) is 0.273. The van der Waals surface area contributed by atoms with Gasteiger partial charge in [0.05, 0.1) is 11.1 Å². The second-order valence-corrected chi connectivity index (χ2v) is 4.53. The highest BCUT2D eigenvalue weighted by atomic mass is 35.5. The van der Waals surface area contributed by atoms with Gasteiger partial charge in [-0.1, -0.05) is 23.2 Å². The third kappa shape index (κ3) is 2.50. The van der Waals surface area contributed by atoms with Gasteiger partial charge in [0.25, 0.3) is 0 Å². The molecule has 0 aliphatic heterocycles. The highest BCUT2D eigenvalue weighted by molar-refractivity contribution is 6.37. The Bertz CT molecular complexity index is 446. The summed E-state index contributed by atoms with van der Waals surface area (Å²) in [5.41, 5.74) is -0.745. The van der Waals surface area contributed by atoms with Crippen molar-refractivity contribution in [2.75, 3.05) is 0 Å². The fourth-order valence-electron chi connectivity index (χ4n) is 1.06. The minimum absolute atomic E-state index is 0.274. The second-order valence-electron chi connectivity index (χ2n) is 3.69. The van der Waals surface area contributed by atoms with E-state index < -0.39 is 5.41 Å². The van der Waals surface area contributed by atoms with Crippen LogP contribution in [0.2, 0.25) is 10.0 Å². The minimum Gasteiger partial charge on any atom is -0.292 e. The standard InChI is InChI=1S/C11H9Cl2NO/c1-11(2,6-14)10(15)8-4-3-7(12)5-9(8)13/h3-5H,1-2H3. The first-order valence-electron chi connectivity index (χ1n) is 4.29. The normalized spacial score (nSPS) is 10.9. The Morgan fingerprint density at radius 2 is 2.00 bits per heavy atom. The van der Waals surface area contributed by atoms with Crippen LogP contribution in [0.15, 0.2) is 18.2 Å². The zero-order valence-corrected chi connectivity index (χ0v) is 9.86. The first kappa shape index (κ1) is 12.0. The highest BCUT2D eigenvalue weighted by Gasteiger charge is 2.29. The van der Waals surface area contributed by atoms with Crippen molar-refractivity contribution in [2.45, 2.75) is 13.8 Å². The van der Waals surface area contributed by atoms with Crippen molar-refractivity contribution in [1.29, 1.82) is 5.26 Å². The van der Waals surface area contributed by atoms with Gasteiger partial charge in [0, 0.05) is 10.6 Å². The van der Waals surface area contributed by atoms with Crippen LogP contribution in [-0.4, -0.2) is 5.78 Å². The van der Waals surface area contributed by atoms with Crippen LogP contribution in [0.4, 0.5) is 0 Å². The Balaban J connectivity index is 3.20. The number of nitriles is 1. The Morgan fingerprint density at radius 3 is 2.47 bits per heavy atom. The van der Waals surface area contributed by atoms with E-state index in [1.165, 1.54) is 12.1 Å². The molecule has 4 heteroatoms. The van der Waals surface area contributed by atoms with Gasteiger partial charge in [-0.25, -0.2) is 0 Å². The zero-order chi connectivity index (χ0) is 11.6. The van der Waals surface area contributed by atoms with Crippen molar-refractivity contribution < 1.29 is 4.79 Å². The van der Waals surface area contributed by atoms with Crippen LogP contribution in [0.25, 0.3) is 0 Å². The van der Waals surface area contributed by atoms with Crippen LogP contribution >= 0.6 is 23.2 Å². The smallest absolute Gasteiger partial charge is 0.183 e. The van der Waals surface area contributed by atoms with E-state index in [4.69, 9.17) is 28.5 Å². The van der Waals surface area contributed by atoms with Gasteiger partial charge >= 0.3 is 0 Å². The number of rotatable bonds is 2. The summed E-state index contributed by atoms with van der Waals surface area (Å²) in [5.74, 6) is -0.299. The van der Waals surface area contributed by atoms with Crippen LogP contribution in [-0.2, 0) is 0 Å². The molecule has 0 unspecified atom stereocenters. The molecule has 1 aromatic rings. The lowest BCUT2D eigenvalue weighted by molar-refractivity contribution is 0.0892. The van der Waals surface area contributed by atoms with Gasteiger partial charge in [0.2, 0.25) is 0 Å². The van der Waals surface area contributed by atoms with E-state index in [1.54, 1.807) is 19.9 Å². The molecule has 78 valence electrons. The molecule has 2 nitrogen and oxygen atoms in total. The maximum atomic E-state index is 11.9. The summed E-state index contributed by atoms with van der Waals surface area (Å²) in [4.78, 5) is 11.9. The summed E-state index contributed by atoms with van der Waals surface area (Å²) >= 11 is 11.6. The van der Waals surface area contributed by atoms with E-state index in [0.29, 0.717) is 10.6 Å². The summed E-state index contributed by atoms with van der Waals surface area (Å²) in [5, 5.41) is 9.57. The van der Waals surface area contributed by atoms with E-state index in [-0.39, 0.29) is 10.8 Å². The van der Waals surface area contributed by atoms with Crippen LogP contribution in [0.5, 0.6) is 0 Å². The molecule has 0 bridgehead atoms. The van der Waals surface area contributed by atoms with E-state index in [9.17, 15) is 4.79 Å². The fourth-order valence-corrected chi connectivity index (χ4v) is 1.56. The Hall–Kier alpha value is -1.04. The Morgan fingerprint density at radius 1 is 1.40 bits per heavy atom. The molecule has 0 aliphatic rings. The number of Topliss-reactive ketones (excluding diaryl/α,β-unsaturated/α-hetero) is 1. The minimum atomic E-state index is -1.07. The topological polar surface area (TPSA) is 40.9 Å². The average Bonchev–Trinajstić information content (AvgIpc) is 2.17. The summed E-state index contributed by atoms with van der Waals surface area (Å²) in [7, 11) is 0. The predicted molar refractivity (Wildman–Crippen MR) is 60.2 cm³/mol. The number of halogens is 2. The molecule has 0 saturated heterocycles. The van der Waals surface area contributed by atoms with Gasteiger partial charge in [-0.05, 0) is 32.0 Å². The van der Waals surface area contributed by atoms with Crippen LogP contribution in [0.1, 0.15) is 24.2 Å². The predicted octanol–water partition coefficient (Wildman–Crippen LogP) is 3.73. The van der Waals surface area contributed by atoms with Crippen LogP contribution in [0.3, 0.4) is 0 Å². The molecule has 0 amide bonds. The van der Waals surface area contributed by atoms with Gasteiger partial charge in [-0.3, -0.25) is 4.79 Å². The molecule has 0 aliphatic carbocycles.